The van der Waals surface area contributed by atoms with Crippen LogP contribution in [0, 0.1) is 5.92 Å². The summed E-state index contributed by atoms with van der Waals surface area (Å²) in [5.41, 5.74) is 0. The molecule has 0 rings (SSSR count). The number of ether oxygens (including phenoxy) is 2. The summed E-state index contributed by atoms with van der Waals surface area (Å²) in [5, 5.41) is 5.88. The SMILES string of the molecule is CCCCCCCC(CCCCCCC(CC)CCCCCNC(=O)OCC)NC(=O)OCC. The Hall–Kier alpha value is -1.46. The van der Waals surface area contributed by atoms with E-state index >= 15 is 0 Å². The maximum absolute atomic E-state index is 11.9. The number of alkyl carbamates (subject to hydrolysis) is 2. The average molecular weight is 485 g/mol. The van der Waals surface area contributed by atoms with E-state index < -0.39 is 0 Å². The number of amides is 2. The van der Waals surface area contributed by atoms with E-state index in [0.717, 1.165) is 31.6 Å². The summed E-state index contributed by atoms with van der Waals surface area (Å²) in [6, 6.07) is 0.252. The van der Waals surface area contributed by atoms with Crippen molar-refractivity contribution in [1.29, 1.82) is 0 Å². The molecule has 0 bridgehead atoms. The average Bonchev–Trinajstić information content (AvgIpc) is 2.81. The number of carbonyl (C=O) groups excluding carboxylic acids is 2. The highest BCUT2D eigenvalue weighted by Crippen LogP contribution is 2.21. The molecule has 2 unspecified atom stereocenters. The molecule has 0 aliphatic rings. The molecule has 34 heavy (non-hydrogen) atoms. The second kappa shape index (κ2) is 24.7. The lowest BCUT2D eigenvalue weighted by atomic mass is 9.92. The van der Waals surface area contributed by atoms with E-state index in [1.165, 1.54) is 83.5 Å². The van der Waals surface area contributed by atoms with Gasteiger partial charge in [-0.25, -0.2) is 9.59 Å². The van der Waals surface area contributed by atoms with Gasteiger partial charge in [-0.2, -0.15) is 0 Å². The van der Waals surface area contributed by atoms with Gasteiger partial charge >= 0.3 is 12.2 Å². The first-order valence-electron chi connectivity index (χ1n) is 14.4. The Kier molecular flexibility index (Phi) is 23.6. The standard InChI is InChI=1S/C28H56N2O4/c1-5-9-10-11-17-22-26(30-28(32)34-8-4)23-18-13-12-15-20-25(6-2)21-16-14-19-24-29-27(31)33-7-3/h25-26H,5-24H2,1-4H3,(H,29,31)(H,30,32). The summed E-state index contributed by atoms with van der Waals surface area (Å²) in [5.74, 6) is 0.819. The number of unbranched alkanes of at least 4 members (excludes halogenated alkanes) is 9. The van der Waals surface area contributed by atoms with Crippen LogP contribution in [0.15, 0.2) is 0 Å². The second-order valence-electron chi connectivity index (χ2n) is 9.53. The Morgan fingerprint density at radius 3 is 1.65 bits per heavy atom. The summed E-state index contributed by atoms with van der Waals surface area (Å²) in [6.07, 6.45) is 20.2. The van der Waals surface area contributed by atoms with Crippen LogP contribution in [-0.4, -0.2) is 38.0 Å². The molecule has 2 atom stereocenters. The molecule has 0 saturated carbocycles. The molecule has 6 heteroatoms. The molecule has 0 aliphatic heterocycles. The van der Waals surface area contributed by atoms with Crippen LogP contribution >= 0.6 is 0 Å². The molecule has 0 heterocycles. The molecule has 0 aromatic heterocycles. The van der Waals surface area contributed by atoms with Gasteiger partial charge in [-0.1, -0.05) is 104 Å². The van der Waals surface area contributed by atoms with Crippen molar-refractivity contribution in [2.45, 2.75) is 143 Å². The van der Waals surface area contributed by atoms with Crippen molar-refractivity contribution in [3.05, 3.63) is 0 Å². The minimum atomic E-state index is -0.302. The molecular formula is C28H56N2O4. The first kappa shape index (κ1) is 32.5. The van der Waals surface area contributed by atoms with Crippen LogP contribution in [0.5, 0.6) is 0 Å². The van der Waals surface area contributed by atoms with Gasteiger partial charge in [0.1, 0.15) is 0 Å². The van der Waals surface area contributed by atoms with Crippen molar-refractivity contribution in [1.82, 2.24) is 10.6 Å². The summed E-state index contributed by atoms with van der Waals surface area (Å²) in [4.78, 5) is 23.1. The zero-order chi connectivity index (χ0) is 25.3. The fourth-order valence-electron chi connectivity index (χ4n) is 4.46. The second-order valence-corrected chi connectivity index (χ2v) is 9.53. The van der Waals surface area contributed by atoms with E-state index in [9.17, 15) is 9.59 Å². The zero-order valence-electron chi connectivity index (χ0n) is 22.9. The van der Waals surface area contributed by atoms with Crippen LogP contribution in [0.3, 0.4) is 0 Å². The predicted octanol–water partition coefficient (Wildman–Crippen LogP) is 8.13. The van der Waals surface area contributed by atoms with Gasteiger partial charge in [0.15, 0.2) is 0 Å². The zero-order valence-corrected chi connectivity index (χ0v) is 22.9. The lowest BCUT2D eigenvalue weighted by molar-refractivity contribution is 0.146. The quantitative estimate of drug-likeness (QED) is 0.143. The molecule has 0 aliphatic carbocycles. The lowest BCUT2D eigenvalue weighted by Crippen LogP contribution is -2.35. The molecule has 0 radical (unpaired) electrons. The first-order valence-corrected chi connectivity index (χ1v) is 14.4. The summed E-state index contributed by atoms with van der Waals surface area (Å²) < 4.78 is 9.97. The normalized spacial score (nSPS) is 12.7. The van der Waals surface area contributed by atoms with Crippen LogP contribution in [-0.2, 0) is 9.47 Å². The maximum Gasteiger partial charge on any atom is 0.407 e. The lowest BCUT2D eigenvalue weighted by Gasteiger charge is -2.19. The monoisotopic (exact) mass is 484 g/mol. The molecular weight excluding hydrogens is 428 g/mol. The summed E-state index contributed by atoms with van der Waals surface area (Å²) >= 11 is 0. The minimum absolute atomic E-state index is 0.252. The Labute approximate surface area is 210 Å². The number of nitrogens with one attached hydrogen (secondary N) is 2. The van der Waals surface area contributed by atoms with E-state index in [0.29, 0.717) is 19.8 Å². The van der Waals surface area contributed by atoms with Gasteiger partial charge in [-0.3, -0.25) is 0 Å². The molecule has 0 fully saturated rings. The molecule has 2 N–H and O–H groups in total. The van der Waals surface area contributed by atoms with Gasteiger partial charge in [-0.15, -0.1) is 0 Å². The smallest absolute Gasteiger partial charge is 0.407 e. The van der Waals surface area contributed by atoms with Crippen molar-refractivity contribution in [2.75, 3.05) is 19.8 Å². The minimum Gasteiger partial charge on any atom is -0.450 e. The Balaban J connectivity index is 3.91. The Morgan fingerprint density at radius 1 is 0.618 bits per heavy atom. The van der Waals surface area contributed by atoms with Crippen LogP contribution in [0.25, 0.3) is 0 Å². The van der Waals surface area contributed by atoms with Crippen molar-refractivity contribution in [2.24, 2.45) is 5.92 Å². The third kappa shape index (κ3) is 21.1. The highest BCUT2D eigenvalue weighted by atomic mass is 16.6. The topological polar surface area (TPSA) is 76.7 Å². The van der Waals surface area contributed by atoms with Crippen molar-refractivity contribution in [3.8, 4) is 0 Å². The number of rotatable bonds is 23. The van der Waals surface area contributed by atoms with Gasteiger partial charge in [0.25, 0.3) is 0 Å². The van der Waals surface area contributed by atoms with Crippen molar-refractivity contribution >= 4 is 12.2 Å². The van der Waals surface area contributed by atoms with Crippen LogP contribution in [0.4, 0.5) is 9.59 Å². The fraction of sp³-hybridized carbons (Fsp3) is 0.929. The van der Waals surface area contributed by atoms with E-state index in [1.807, 2.05) is 13.8 Å². The number of hydrogen-bond donors (Lipinski definition) is 2. The van der Waals surface area contributed by atoms with E-state index in [1.54, 1.807) is 0 Å². The van der Waals surface area contributed by atoms with Gasteiger partial charge in [0.2, 0.25) is 0 Å². The first-order chi connectivity index (χ1) is 16.6. The fourth-order valence-corrected chi connectivity index (χ4v) is 4.46. The molecule has 0 aromatic carbocycles. The Morgan fingerprint density at radius 2 is 1.12 bits per heavy atom. The van der Waals surface area contributed by atoms with Gasteiger partial charge in [-0.05, 0) is 39.0 Å². The highest BCUT2D eigenvalue weighted by Gasteiger charge is 2.13. The van der Waals surface area contributed by atoms with E-state index in [-0.39, 0.29) is 18.2 Å². The molecule has 0 spiro atoms. The van der Waals surface area contributed by atoms with Crippen molar-refractivity contribution in [3.63, 3.8) is 0 Å². The van der Waals surface area contributed by atoms with Gasteiger partial charge in [0.05, 0.1) is 13.2 Å². The Bertz CT molecular complexity index is 473. The largest absolute Gasteiger partial charge is 0.450 e. The molecule has 0 aromatic rings. The van der Waals surface area contributed by atoms with E-state index in [2.05, 4.69) is 24.5 Å². The summed E-state index contributed by atoms with van der Waals surface area (Å²) in [7, 11) is 0. The maximum atomic E-state index is 11.9. The van der Waals surface area contributed by atoms with Crippen LogP contribution in [0.2, 0.25) is 0 Å². The van der Waals surface area contributed by atoms with E-state index in [4.69, 9.17) is 9.47 Å². The predicted molar refractivity (Wildman–Crippen MR) is 142 cm³/mol. The van der Waals surface area contributed by atoms with Crippen LogP contribution in [0.1, 0.15) is 137 Å². The highest BCUT2D eigenvalue weighted by molar-refractivity contribution is 5.67. The van der Waals surface area contributed by atoms with Crippen LogP contribution < -0.4 is 10.6 Å². The molecule has 0 saturated heterocycles. The van der Waals surface area contributed by atoms with Gasteiger partial charge in [0, 0.05) is 12.6 Å². The third-order valence-electron chi connectivity index (χ3n) is 6.58. The third-order valence-corrected chi connectivity index (χ3v) is 6.58. The number of hydrogen-bond acceptors (Lipinski definition) is 4. The van der Waals surface area contributed by atoms with Crippen molar-refractivity contribution < 1.29 is 19.1 Å². The molecule has 2 amide bonds. The summed E-state index contributed by atoms with van der Waals surface area (Å²) in [6.45, 7) is 9.78. The number of carbonyl (C=O) groups is 2. The molecule has 6 nitrogen and oxygen atoms in total. The van der Waals surface area contributed by atoms with Gasteiger partial charge < -0.3 is 20.1 Å². The molecule has 202 valence electrons.